The lowest BCUT2D eigenvalue weighted by Crippen LogP contribution is -2.31. The fourth-order valence-corrected chi connectivity index (χ4v) is 3.12. The van der Waals surface area contributed by atoms with Gasteiger partial charge in [0.05, 0.1) is 0 Å². The number of likely N-dealkylation sites (tertiary alicyclic amines) is 1. The first kappa shape index (κ1) is 10.1. The molecule has 1 aromatic carbocycles. The van der Waals surface area contributed by atoms with Gasteiger partial charge < -0.3 is 10.0 Å². The molecule has 1 saturated carbocycles. The van der Waals surface area contributed by atoms with E-state index in [1.54, 1.807) is 0 Å². The highest BCUT2D eigenvalue weighted by Crippen LogP contribution is 2.58. The SMILES string of the molecule is O=C(O)N1C[C@H]2C[C@@]2(c2ccc(Br)cc2)C1. The van der Waals surface area contributed by atoms with E-state index in [2.05, 4.69) is 28.1 Å². The summed E-state index contributed by atoms with van der Waals surface area (Å²) in [6.45, 7) is 1.36. The lowest BCUT2D eigenvalue weighted by Gasteiger charge is -2.18. The predicted molar refractivity (Wildman–Crippen MR) is 63.5 cm³/mol. The molecule has 0 spiro atoms. The van der Waals surface area contributed by atoms with Crippen molar-refractivity contribution in [3.05, 3.63) is 34.3 Å². The summed E-state index contributed by atoms with van der Waals surface area (Å²) >= 11 is 3.42. The van der Waals surface area contributed by atoms with Gasteiger partial charge in [0.1, 0.15) is 0 Å². The molecule has 2 fully saturated rings. The number of hydrogen-bond acceptors (Lipinski definition) is 1. The van der Waals surface area contributed by atoms with Crippen LogP contribution in [0.4, 0.5) is 4.79 Å². The Labute approximate surface area is 102 Å². The summed E-state index contributed by atoms with van der Waals surface area (Å²) in [7, 11) is 0. The Bertz CT molecular complexity index is 445. The molecule has 1 N–H and O–H groups in total. The Balaban J connectivity index is 1.87. The number of halogens is 1. The third-order valence-corrected chi connectivity index (χ3v) is 4.36. The number of hydrogen-bond donors (Lipinski definition) is 1. The van der Waals surface area contributed by atoms with Crippen LogP contribution in [0.2, 0.25) is 0 Å². The average molecular weight is 282 g/mol. The highest BCUT2D eigenvalue weighted by molar-refractivity contribution is 9.10. The lowest BCUT2D eigenvalue weighted by atomic mass is 9.95. The van der Waals surface area contributed by atoms with E-state index in [1.807, 2.05) is 12.1 Å². The molecule has 16 heavy (non-hydrogen) atoms. The quantitative estimate of drug-likeness (QED) is 0.860. The fourth-order valence-electron chi connectivity index (χ4n) is 2.86. The molecule has 4 heteroatoms. The molecular formula is C12H12BrNO2. The van der Waals surface area contributed by atoms with Crippen LogP contribution in [0.25, 0.3) is 0 Å². The molecule has 84 valence electrons. The number of nitrogens with zero attached hydrogens (tertiary/aromatic N) is 1. The van der Waals surface area contributed by atoms with E-state index in [4.69, 9.17) is 5.11 Å². The third-order valence-electron chi connectivity index (χ3n) is 3.84. The molecule has 0 unspecified atom stereocenters. The van der Waals surface area contributed by atoms with Crippen molar-refractivity contribution in [3.63, 3.8) is 0 Å². The van der Waals surface area contributed by atoms with Gasteiger partial charge in [-0.1, -0.05) is 28.1 Å². The summed E-state index contributed by atoms with van der Waals surface area (Å²) < 4.78 is 1.07. The molecule has 3 nitrogen and oxygen atoms in total. The van der Waals surface area contributed by atoms with Crippen molar-refractivity contribution in [2.75, 3.05) is 13.1 Å². The summed E-state index contributed by atoms with van der Waals surface area (Å²) in [5.41, 5.74) is 1.41. The maximum Gasteiger partial charge on any atom is 0.407 e. The molecule has 0 bridgehead atoms. The Kier molecular flexibility index (Phi) is 2.05. The zero-order chi connectivity index (χ0) is 11.3. The normalized spacial score (nSPS) is 31.3. The minimum atomic E-state index is -0.788. The van der Waals surface area contributed by atoms with Crippen LogP contribution >= 0.6 is 15.9 Å². The number of amides is 1. The van der Waals surface area contributed by atoms with Gasteiger partial charge in [-0.3, -0.25) is 0 Å². The van der Waals surface area contributed by atoms with Crippen molar-refractivity contribution < 1.29 is 9.90 Å². The van der Waals surface area contributed by atoms with Gasteiger partial charge in [0.2, 0.25) is 0 Å². The zero-order valence-electron chi connectivity index (χ0n) is 8.69. The number of piperidine rings is 1. The van der Waals surface area contributed by atoms with Crippen molar-refractivity contribution in [1.29, 1.82) is 0 Å². The molecule has 3 rings (SSSR count). The van der Waals surface area contributed by atoms with E-state index in [0.29, 0.717) is 19.0 Å². The molecule has 1 saturated heterocycles. The molecule has 1 heterocycles. The Morgan fingerprint density at radius 2 is 2.12 bits per heavy atom. The molecule has 1 aromatic rings. The second kappa shape index (κ2) is 3.23. The van der Waals surface area contributed by atoms with Crippen molar-refractivity contribution >= 4 is 22.0 Å². The van der Waals surface area contributed by atoms with Crippen molar-refractivity contribution in [3.8, 4) is 0 Å². The van der Waals surface area contributed by atoms with Crippen LogP contribution in [0, 0.1) is 5.92 Å². The molecular weight excluding hydrogens is 270 g/mol. The van der Waals surface area contributed by atoms with Gasteiger partial charge >= 0.3 is 6.09 Å². The fraction of sp³-hybridized carbons (Fsp3) is 0.417. The molecule has 2 atom stereocenters. The first-order chi connectivity index (χ1) is 7.62. The Morgan fingerprint density at radius 1 is 1.44 bits per heavy atom. The first-order valence-electron chi connectivity index (χ1n) is 5.36. The van der Waals surface area contributed by atoms with E-state index >= 15 is 0 Å². The second-order valence-electron chi connectivity index (χ2n) is 4.73. The summed E-state index contributed by atoms with van der Waals surface area (Å²) in [6.07, 6.45) is 0.349. The smallest absolute Gasteiger partial charge is 0.407 e. The van der Waals surface area contributed by atoms with Crippen molar-refractivity contribution in [2.45, 2.75) is 11.8 Å². The van der Waals surface area contributed by atoms with Gasteiger partial charge in [-0.05, 0) is 30.0 Å². The number of fused-ring (bicyclic) bond motifs is 1. The summed E-state index contributed by atoms with van der Waals surface area (Å²) in [5, 5.41) is 8.98. The minimum absolute atomic E-state index is 0.124. The highest BCUT2D eigenvalue weighted by Gasteiger charge is 2.61. The molecule has 2 aliphatic rings. The molecule has 1 aliphatic carbocycles. The van der Waals surface area contributed by atoms with Crippen molar-refractivity contribution in [2.24, 2.45) is 5.92 Å². The third kappa shape index (κ3) is 1.36. The standard InChI is InChI=1S/C12H12BrNO2/c13-10-3-1-8(2-4-10)12-5-9(12)6-14(7-12)11(15)16/h1-4,9H,5-7H2,(H,15,16)/t9-,12+/m1/s1. The van der Waals surface area contributed by atoms with Crippen LogP contribution in [-0.2, 0) is 5.41 Å². The largest absolute Gasteiger partial charge is 0.465 e. The number of benzene rings is 1. The summed E-state index contributed by atoms with van der Waals surface area (Å²) in [6, 6.07) is 8.27. The van der Waals surface area contributed by atoms with E-state index < -0.39 is 6.09 Å². The Morgan fingerprint density at radius 3 is 2.69 bits per heavy atom. The lowest BCUT2D eigenvalue weighted by molar-refractivity contribution is 0.150. The molecule has 1 aliphatic heterocycles. The highest BCUT2D eigenvalue weighted by atomic mass is 79.9. The van der Waals surface area contributed by atoms with E-state index in [9.17, 15) is 4.79 Å². The van der Waals surface area contributed by atoms with E-state index in [0.717, 1.165) is 10.9 Å². The van der Waals surface area contributed by atoms with Crippen LogP contribution in [0.5, 0.6) is 0 Å². The Hall–Kier alpha value is -1.03. The molecule has 0 aromatic heterocycles. The number of carboxylic acid groups (broad SMARTS) is 1. The van der Waals surface area contributed by atoms with Crippen LogP contribution < -0.4 is 0 Å². The number of rotatable bonds is 1. The van der Waals surface area contributed by atoms with Gasteiger partial charge in [-0.15, -0.1) is 0 Å². The van der Waals surface area contributed by atoms with Crippen molar-refractivity contribution in [1.82, 2.24) is 4.90 Å². The zero-order valence-corrected chi connectivity index (χ0v) is 10.3. The topological polar surface area (TPSA) is 40.5 Å². The number of carbonyl (C=O) groups is 1. The summed E-state index contributed by atoms with van der Waals surface area (Å²) in [5.74, 6) is 0.532. The van der Waals surface area contributed by atoms with Gasteiger partial charge in [0.25, 0.3) is 0 Å². The molecule has 0 radical (unpaired) electrons. The average Bonchev–Trinajstić information content (AvgIpc) is 2.82. The van der Waals surface area contributed by atoms with Crippen LogP contribution in [0.1, 0.15) is 12.0 Å². The van der Waals surface area contributed by atoms with E-state index in [1.165, 1.54) is 10.5 Å². The minimum Gasteiger partial charge on any atom is -0.465 e. The van der Waals surface area contributed by atoms with Gasteiger partial charge in [-0.2, -0.15) is 0 Å². The maximum absolute atomic E-state index is 10.9. The summed E-state index contributed by atoms with van der Waals surface area (Å²) in [4.78, 5) is 12.5. The van der Waals surface area contributed by atoms with Gasteiger partial charge in [-0.25, -0.2) is 4.79 Å². The van der Waals surface area contributed by atoms with Crippen LogP contribution in [0.3, 0.4) is 0 Å². The molecule has 1 amide bonds. The monoisotopic (exact) mass is 281 g/mol. The van der Waals surface area contributed by atoms with E-state index in [-0.39, 0.29) is 5.41 Å². The predicted octanol–water partition coefficient (Wildman–Crippen LogP) is 2.70. The van der Waals surface area contributed by atoms with Gasteiger partial charge in [0, 0.05) is 23.0 Å². The van der Waals surface area contributed by atoms with Gasteiger partial charge in [0.15, 0.2) is 0 Å². The maximum atomic E-state index is 10.9. The van der Waals surface area contributed by atoms with Crippen LogP contribution in [-0.4, -0.2) is 29.2 Å². The van der Waals surface area contributed by atoms with Crippen LogP contribution in [0.15, 0.2) is 28.7 Å². The first-order valence-corrected chi connectivity index (χ1v) is 6.15. The second-order valence-corrected chi connectivity index (χ2v) is 5.64.